The minimum absolute atomic E-state index is 0.101. The van der Waals surface area contributed by atoms with E-state index in [1.807, 2.05) is 17.5 Å². The highest BCUT2D eigenvalue weighted by Gasteiger charge is 2.21. The van der Waals surface area contributed by atoms with Gasteiger partial charge in [0.1, 0.15) is 15.7 Å². The number of nitrogens with zero attached hydrogens (tertiary/aromatic N) is 1. The molecule has 1 amide bonds. The van der Waals surface area contributed by atoms with Gasteiger partial charge in [-0.3, -0.25) is 4.79 Å². The number of benzene rings is 2. The lowest BCUT2D eigenvalue weighted by molar-refractivity contribution is 0.102. The highest BCUT2D eigenvalue weighted by atomic mass is 32.2. The Bertz CT molecular complexity index is 1100. The van der Waals surface area contributed by atoms with Crippen molar-refractivity contribution in [2.24, 2.45) is 0 Å². The minimum atomic E-state index is -3.88. The van der Waals surface area contributed by atoms with Crippen LogP contribution in [0.25, 0.3) is 10.6 Å². The van der Waals surface area contributed by atoms with Crippen molar-refractivity contribution in [3.8, 4) is 16.3 Å². The predicted octanol–water partition coefficient (Wildman–Crippen LogP) is 3.00. The molecule has 1 aromatic heterocycles. The molecule has 0 aliphatic heterocycles. The second-order valence-electron chi connectivity index (χ2n) is 6.12. The zero-order valence-electron chi connectivity index (χ0n) is 16.4. The van der Waals surface area contributed by atoms with Gasteiger partial charge in [0, 0.05) is 42.0 Å². The van der Waals surface area contributed by atoms with Gasteiger partial charge in [0.25, 0.3) is 5.91 Å². The van der Waals surface area contributed by atoms with Gasteiger partial charge in [-0.2, -0.15) is 0 Å². The fourth-order valence-corrected chi connectivity index (χ4v) is 4.50. The van der Waals surface area contributed by atoms with E-state index in [1.54, 1.807) is 18.3 Å². The Balaban J connectivity index is 1.79. The third kappa shape index (κ3) is 5.22. The number of thiazole rings is 1. The van der Waals surface area contributed by atoms with Gasteiger partial charge in [0.2, 0.25) is 10.0 Å². The van der Waals surface area contributed by atoms with E-state index in [1.165, 1.54) is 43.8 Å². The number of rotatable bonds is 9. The van der Waals surface area contributed by atoms with E-state index < -0.39 is 15.9 Å². The average molecular weight is 448 g/mol. The molecule has 0 aliphatic rings. The van der Waals surface area contributed by atoms with Crippen LogP contribution in [0.2, 0.25) is 0 Å². The Morgan fingerprint density at radius 1 is 1.13 bits per heavy atom. The summed E-state index contributed by atoms with van der Waals surface area (Å²) in [4.78, 5) is 16.8. The molecule has 8 nitrogen and oxygen atoms in total. The van der Waals surface area contributed by atoms with Crippen LogP contribution in [0.4, 0.5) is 5.69 Å². The molecular formula is C20H21N3O5S2. The van der Waals surface area contributed by atoms with Crippen LogP contribution in [-0.4, -0.2) is 46.7 Å². The highest BCUT2D eigenvalue weighted by Crippen LogP contribution is 2.26. The monoisotopic (exact) mass is 447 g/mol. The number of ether oxygens (including phenoxy) is 2. The topological polar surface area (TPSA) is 107 Å². The summed E-state index contributed by atoms with van der Waals surface area (Å²) in [6.45, 7) is 0.322. The Morgan fingerprint density at radius 3 is 2.53 bits per heavy atom. The molecule has 3 aromatic rings. The standard InChI is InChI=1S/C20H21N3O5S2/c1-27-11-9-22-30(25,26)18-13-15(5-8-17(18)28-2)19(24)23-16-6-3-14(4-7-16)20-21-10-12-29-20/h3-8,10,12-13,22H,9,11H2,1-2H3,(H,23,24). The molecule has 0 saturated carbocycles. The van der Waals surface area contributed by atoms with Gasteiger partial charge in [-0.05, 0) is 42.5 Å². The molecule has 0 aliphatic carbocycles. The fourth-order valence-electron chi connectivity index (χ4n) is 2.65. The molecular weight excluding hydrogens is 426 g/mol. The first-order valence-corrected chi connectivity index (χ1v) is 11.3. The number of nitrogens with one attached hydrogen (secondary N) is 2. The normalized spacial score (nSPS) is 11.3. The number of methoxy groups -OCH3 is 2. The first-order valence-electron chi connectivity index (χ1n) is 8.92. The maximum atomic E-state index is 12.7. The number of hydrogen-bond donors (Lipinski definition) is 2. The van der Waals surface area contributed by atoms with Crippen molar-refractivity contribution in [3.63, 3.8) is 0 Å². The fraction of sp³-hybridized carbons (Fsp3) is 0.200. The van der Waals surface area contributed by atoms with Crippen molar-refractivity contribution in [1.82, 2.24) is 9.71 Å². The zero-order chi connectivity index (χ0) is 21.6. The van der Waals surface area contributed by atoms with Crippen LogP contribution in [0, 0.1) is 0 Å². The second-order valence-corrected chi connectivity index (χ2v) is 8.75. The lowest BCUT2D eigenvalue weighted by Gasteiger charge is -2.12. The molecule has 0 atom stereocenters. The summed E-state index contributed by atoms with van der Waals surface area (Å²) < 4.78 is 37.6. The molecule has 0 fully saturated rings. The number of carbonyl (C=O) groups is 1. The quantitative estimate of drug-likeness (QED) is 0.489. The van der Waals surface area contributed by atoms with Crippen molar-refractivity contribution in [3.05, 3.63) is 59.6 Å². The Labute approximate surface area is 178 Å². The van der Waals surface area contributed by atoms with E-state index in [9.17, 15) is 13.2 Å². The van der Waals surface area contributed by atoms with Crippen LogP contribution in [-0.2, 0) is 14.8 Å². The number of sulfonamides is 1. The molecule has 30 heavy (non-hydrogen) atoms. The summed E-state index contributed by atoms with van der Waals surface area (Å²) in [5, 5.41) is 5.55. The highest BCUT2D eigenvalue weighted by molar-refractivity contribution is 7.89. The van der Waals surface area contributed by atoms with E-state index in [0.29, 0.717) is 5.69 Å². The average Bonchev–Trinajstić information content (AvgIpc) is 3.29. The molecule has 158 valence electrons. The van der Waals surface area contributed by atoms with Gasteiger partial charge >= 0.3 is 0 Å². The Morgan fingerprint density at radius 2 is 1.90 bits per heavy atom. The number of amides is 1. The number of carbonyl (C=O) groups excluding carboxylic acids is 1. The van der Waals surface area contributed by atoms with Crippen molar-refractivity contribution < 1.29 is 22.7 Å². The summed E-state index contributed by atoms with van der Waals surface area (Å²) >= 11 is 1.53. The van der Waals surface area contributed by atoms with E-state index in [-0.39, 0.29) is 29.4 Å². The van der Waals surface area contributed by atoms with Crippen molar-refractivity contribution in [1.29, 1.82) is 0 Å². The molecule has 0 unspecified atom stereocenters. The van der Waals surface area contributed by atoms with Gasteiger partial charge in [-0.15, -0.1) is 11.3 Å². The first kappa shape index (κ1) is 21.9. The Hall–Kier alpha value is -2.79. The molecule has 3 rings (SSSR count). The molecule has 0 bridgehead atoms. The van der Waals surface area contributed by atoms with Crippen LogP contribution in [0.5, 0.6) is 5.75 Å². The van der Waals surface area contributed by atoms with Crippen LogP contribution in [0.3, 0.4) is 0 Å². The summed E-state index contributed by atoms with van der Waals surface area (Å²) in [7, 11) is -1.03. The lowest BCUT2D eigenvalue weighted by Crippen LogP contribution is -2.28. The van der Waals surface area contributed by atoms with Crippen LogP contribution in [0.1, 0.15) is 10.4 Å². The maximum Gasteiger partial charge on any atom is 0.255 e. The molecule has 1 heterocycles. The largest absolute Gasteiger partial charge is 0.495 e. The van der Waals surface area contributed by atoms with E-state index in [4.69, 9.17) is 9.47 Å². The van der Waals surface area contributed by atoms with Gasteiger partial charge in [-0.1, -0.05) is 0 Å². The molecule has 10 heteroatoms. The second kappa shape index (κ2) is 9.81. The van der Waals surface area contributed by atoms with Crippen LogP contribution >= 0.6 is 11.3 Å². The number of hydrogen-bond acceptors (Lipinski definition) is 7. The summed E-state index contributed by atoms with van der Waals surface area (Å²) in [5.41, 5.74) is 1.72. The van der Waals surface area contributed by atoms with E-state index in [0.717, 1.165) is 10.6 Å². The SMILES string of the molecule is COCCNS(=O)(=O)c1cc(C(=O)Nc2ccc(-c3nccs3)cc2)ccc1OC. The third-order valence-corrected chi connectivity index (χ3v) is 6.44. The smallest absolute Gasteiger partial charge is 0.255 e. The summed E-state index contributed by atoms with van der Waals surface area (Å²) in [6.07, 6.45) is 1.73. The lowest BCUT2D eigenvalue weighted by atomic mass is 10.2. The van der Waals surface area contributed by atoms with E-state index >= 15 is 0 Å². The Kier molecular flexibility index (Phi) is 7.16. The third-order valence-electron chi connectivity index (χ3n) is 4.14. The van der Waals surface area contributed by atoms with Crippen molar-refractivity contribution >= 4 is 33.0 Å². The molecule has 2 N–H and O–H groups in total. The molecule has 0 spiro atoms. The first-order chi connectivity index (χ1) is 14.4. The van der Waals surface area contributed by atoms with Gasteiger partial charge < -0.3 is 14.8 Å². The van der Waals surface area contributed by atoms with E-state index in [2.05, 4.69) is 15.0 Å². The van der Waals surface area contributed by atoms with Crippen LogP contribution < -0.4 is 14.8 Å². The molecule has 0 saturated heterocycles. The summed E-state index contributed by atoms with van der Waals surface area (Å²) in [6, 6.07) is 11.5. The number of aromatic nitrogens is 1. The van der Waals surface area contributed by atoms with Crippen LogP contribution in [0.15, 0.2) is 58.9 Å². The summed E-state index contributed by atoms with van der Waals surface area (Å²) in [5.74, 6) is -0.294. The molecule has 0 radical (unpaired) electrons. The number of anilines is 1. The minimum Gasteiger partial charge on any atom is -0.495 e. The predicted molar refractivity (Wildman–Crippen MR) is 116 cm³/mol. The van der Waals surface area contributed by atoms with Crippen molar-refractivity contribution in [2.45, 2.75) is 4.90 Å². The van der Waals surface area contributed by atoms with Gasteiger partial charge in [0.15, 0.2) is 0 Å². The van der Waals surface area contributed by atoms with Crippen molar-refractivity contribution in [2.75, 3.05) is 32.7 Å². The zero-order valence-corrected chi connectivity index (χ0v) is 18.0. The maximum absolute atomic E-state index is 12.7. The van der Waals surface area contributed by atoms with Gasteiger partial charge in [0.05, 0.1) is 13.7 Å². The van der Waals surface area contributed by atoms with Gasteiger partial charge in [-0.25, -0.2) is 18.1 Å². The molecule has 2 aromatic carbocycles.